The molecular formula is C34H39FO4. The molecule has 0 spiro atoms. The van der Waals surface area contributed by atoms with Crippen LogP contribution in [0.2, 0.25) is 0 Å². The fourth-order valence-electron chi connectivity index (χ4n) is 5.34. The zero-order valence-electron chi connectivity index (χ0n) is 23.6. The molecule has 4 nitrogen and oxygen atoms in total. The van der Waals surface area contributed by atoms with Crippen LogP contribution in [0.25, 0.3) is 16.7 Å². The maximum Gasteiger partial charge on any atom is 0.303 e. The fourth-order valence-corrected chi connectivity index (χ4v) is 5.34. The monoisotopic (exact) mass is 530 g/mol. The summed E-state index contributed by atoms with van der Waals surface area (Å²) < 4.78 is 26.6. The van der Waals surface area contributed by atoms with Gasteiger partial charge in [-0.25, -0.2) is 4.39 Å². The van der Waals surface area contributed by atoms with E-state index in [2.05, 4.69) is 32.9 Å². The highest BCUT2D eigenvalue weighted by atomic mass is 19.1. The van der Waals surface area contributed by atoms with Crippen LogP contribution >= 0.6 is 0 Å². The molecule has 0 heterocycles. The molecule has 39 heavy (non-hydrogen) atoms. The Balaban J connectivity index is 1.65. The minimum atomic E-state index is -0.820. The van der Waals surface area contributed by atoms with E-state index in [4.69, 9.17) is 14.6 Å². The van der Waals surface area contributed by atoms with E-state index in [9.17, 15) is 4.79 Å². The number of hydrogen-bond acceptors (Lipinski definition) is 3. The van der Waals surface area contributed by atoms with E-state index in [1.54, 1.807) is 19.2 Å². The van der Waals surface area contributed by atoms with E-state index < -0.39 is 5.97 Å². The van der Waals surface area contributed by atoms with Crippen molar-refractivity contribution in [2.75, 3.05) is 7.11 Å². The zero-order valence-corrected chi connectivity index (χ0v) is 23.6. The number of allylic oxidation sites excluding steroid dienone is 2. The Morgan fingerprint density at radius 3 is 2.49 bits per heavy atom. The van der Waals surface area contributed by atoms with Crippen molar-refractivity contribution in [2.45, 2.75) is 65.9 Å². The van der Waals surface area contributed by atoms with Crippen molar-refractivity contribution in [3.8, 4) is 22.6 Å². The average Bonchev–Trinajstić information content (AvgIpc) is 2.91. The first-order valence-corrected chi connectivity index (χ1v) is 13.7. The topological polar surface area (TPSA) is 55.8 Å². The predicted octanol–water partition coefficient (Wildman–Crippen LogP) is 8.89. The van der Waals surface area contributed by atoms with Gasteiger partial charge in [-0.15, -0.1) is 0 Å². The number of halogens is 1. The number of methoxy groups -OCH3 is 1. The molecule has 3 aromatic carbocycles. The molecule has 0 aromatic heterocycles. The molecule has 206 valence electrons. The van der Waals surface area contributed by atoms with Gasteiger partial charge in [-0.3, -0.25) is 4.79 Å². The Labute approximate surface area is 231 Å². The van der Waals surface area contributed by atoms with Gasteiger partial charge in [0.25, 0.3) is 0 Å². The molecule has 4 rings (SSSR count). The van der Waals surface area contributed by atoms with Gasteiger partial charge in [0.2, 0.25) is 0 Å². The molecular weight excluding hydrogens is 491 g/mol. The summed E-state index contributed by atoms with van der Waals surface area (Å²) in [5.41, 5.74) is 5.80. The number of rotatable bonds is 9. The molecule has 1 N–H and O–H groups in total. The highest BCUT2D eigenvalue weighted by Gasteiger charge is 2.27. The summed E-state index contributed by atoms with van der Waals surface area (Å²) >= 11 is 0. The van der Waals surface area contributed by atoms with Gasteiger partial charge < -0.3 is 14.6 Å². The Morgan fingerprint density at radius 1 is 1.03 bits per heavy atom. The second kappa shape index (κ2) is 12.1. The number of carboxylic acid groups (broad SMARTS) is 1. The van der Waals surface area contributed by atoms with Gasteiger partial charge >= 0.3 is 5.97 Å². The van der Waals surface area contributed by atoms with Gasteiger partial charge in [0.15, 0.2) is 0 Å². The van der Waals surface area contributed by atoms with Crippen LogP contribution in [-0.2, 0) is 11.4 Å². The molecule has 0 bridgehead atoms. The van der Waals surface area contributed by atoms with Crippen molar-refractivity contribution < 1.29 is 23.8 Å². The van der Waals surface area contributed by atoms with E-state index >= 15 is 4.39 Å². The number of aliphatic carboxylic acids is 1. The first-order valence-electron chi connectivity index (χ1n) is 13.7. The van der Waals surface area contributed by atoms with E-state index in [0.29, 0.717) is 29.6 Å². The van der Waals surface area contributed by atoms with Crippen LogP contribution in [0.1, 0.15) is 76.0 Å². The molecule has 0 amide bonds. The number of hydrogen-bond donors (Lipinski definition) is 1. The van der Waals surface area contributed by atoms with E-state index in [0.717, 1.165) is 41.5 Å². The number of ether oxygens (including phenoxy) is 2. The van der Waals surface area contributed by atoms with Gasteiger partial charge in [0.05, 0.1) is 13.5 Å². The Morgan fingerprint density at radius 2 is 1.82 bits per heavy atom. The first kappa shape index (κ1) is 28.4. The summed E-state index contributed by atoms with van der Waals surface area (Å²) in [6.07, 6.45) is 5.43. The molecule has 0 saturated heterocycles. The molecule has 2 atom stereocenters. The summed E-state index contributed by atoms with van der Waals surface area (Å²) in [4.78, 5) is 11.1. The quantitative estimate of drug-likeness (QED) is 0.300. The van der Waals surface area contributed by atoms with Crippen molar-refractivity contribution in [3.63, 3.8) is 0 Å². The van der Waals surface area contributed by atoms with Crippen LogP contribution in [0.5, 0.6) is 11.5 Å². The Kier molecular flexibility index (Phi) is 8.79. The highest BCUT2D eigenvalue weighted by molar-refractivity contribution is 5.83. The number of carboxylic acids is 1. The molecule has 0 fully saturated rings. The molecule has 0 aliphatic heterocycles. The second-order valence-electron chi connectivity index (χ2n) is 11.7. The Hall–Kier alpha value is -3.60. The molecule has 0 saturated carbocycles. The van der Waals surface area contributed by atoms with Crippen LogP contribution in [0.15, 0.2) is 66.7 Å². The second-order valence-corrected chi connectivity index (χ2v) is 11.7. The van der Waals surface area contributed by atoms with Crippen molar-refractivity contribution in [1.29, 1.82) is 0 Å². The minimum Gasteiger partial charge on any atom is -0.497 e. The third-order valence-corrected chi connectivity index (χ3v) is 7.84. The lowest BCUT2D eigenvalue weighted by Gasteiger charge is -2.33. The summed E-state index contributed by atoms with van der Waals surface area (Å²) in [6.45, 7) is 9.13. The van der Waals surface area contributed by atoms with Crippen LogP contribution in [0, 0.1) is 17.2 Å². The minimum absolute atomic E-state index is 0.0697. The molecule has 5 heteroatoms. The van der Waals surface area contributed by atoms with Gasteiger partial charge in [-0.1, -0.05) is 58.0 Å². The van der Waals surface area contributed by atoms with Crippen molar-refractivity contribution in [1.82, 2.24) is 0 Å². The molecule has 1 aliphatic carbocycles. The maximum absolute atomic E-state index is 15.1. The van der Waals surface area contributed by atoms with Crippen LogP contribution in [0.4, 0.5) is 4.39 Å². The predicted molar refractivity (Wildman–Crippen MR) is 155 cm³/mol. The summed E-state index contributed by atoms with van der Waals surface area (Å²) in [5.74, 6) is 0.716. The molecule has 1 aliphatic rings. The molecule has 0 radical (unpaired) electrons. The van der Waals surface area contributed by atoms with E-state index in [1.165, 1.54) is 11.6 Å². The van der Waals surface area contributed by atoms with Crippen molar-refractivity contribution in [3.05, 3.63) is 89.2 Å². The summed E-state index contributed by atoms with van der Waals surface area (Å²) in [6, 6.07) is 18.5. The van der Waals surface area contributed by atoms with Gasteiger partial charge in [0.1, 0.15) is 23.9 Å². The van der Waals surface area contributed by atoms with Gasteiger partial charge in [-0.2, -0.15) is 0 Å². The highest BCUT2D eigenvalue weighted by Crippen LogP contribution is 2.42. The number of carbonyl (C=O) groups is 1. The standard InChI is InChI=1S/C34H39FO4/c1-22(17-33(36)37)25-7-6-8-28(19-25)39-21-23-9-15-29(31-20-27(38-5)14-16-32(31)35)30(18-23)24-10-12-26(13-11-24)34(2,3)4/h6-10,14-16,18-20,22,26H,11-13,17,21H2,1-5H3,(H,36,37)/t22-,26?/m0/s1. The first-order chi connectivity index (χ1) is 18.5. The SMILES string of the molecule is COc1ccc(F)c(-c2ccc(COc3cccc([C@@H](C)CC(=O)O)c3)cc2C2=CCC(C(C)(C)C)CC2)c1. The molecule has 1 unspecified atom stereocenters. The van der Waals surface area contributed by atoms with Gasteiger partial charge in [0, 0.05) is 5.56 Å². The van der Waals surface area contributed by atoms with Gasteiger partial charge in [-0.05, 0) is 101 Å². The Bertz CT molecular complexity index is 1350. The third kappa shape index (κ3) is 7.08. The van der Waals surface area contributed by atoms with Crippen molar-refractivity contribution in [2.24, 2.45) is 11.3 Å². The lowest BCUT2D eigenvalue weighted by molar-refractivity contribution is -0.137. The maximum atomic E-state index is 15.1. The lowest BCUT2D eigenvalue weighted by Crippen LogP contribution is -2.22. The summed E-state index contributed by atoms with van der Waals surface area (Å²) in [7, 11) is 1.59. The van der Waals surface area contributed by atoms with Crippen molar-refractivity contribution >= 4 is 11.5 Å². The average molecular weight is 531 g/mol. The lowest BCUT2D eigenvalue weighted by atomic mass is 9.72. The van der Waals surface area contributed by atoms with Crippen LogP contribution < -0.4 is 9.47 Å². The van der Waals surface area contributed by atoms with Crippen LogP contribution in [0.3, 0.4) is 0 Å². The third-order valence-electron chi connectivity index (χ3n) is 7.84. The van der Waals surface area contributed by atoms with E-state index in [-0.39, 0.29) is 23.6 Å². The smallest absolute Gasteiger partial charge is 0.303 e. The normalized spacial score (nSPS) is 16.4. The largest absolute Gasteiger partial charge is 0.497 e. The fraction of sp³-hybridized carbons (Fsp3) is 0.382. The summed E-state index contributed by atoms with van der Waals surface area (Å²) in [5, 5.41) is 9.14. The number of benzene rings is 3. The zero-order chi connectivity index (χ0) is 28.2. The van der Waals surface area contributed by atoms with E-state index in [1.807, 2.05) is 43.3 Å². The van der Waals surface area contributed by atoms with Crippen LogP contribution in [-0.4, -0.2) is 18.2 Å². The molecule has 3 aromatic rings.